The fraction of sp³-hybridized carbons (Fsp3) is 0.364. The number of hydrogen-bond acceptors (Lipinski definition) is 5. The molecule has 1 unspecified atom stereocenters. The molecule has 19 heavy (non-hydrogen) atoms. The van der Waals surface area contributed by atoms with Gasteiger partial charge in [0.15, 0.2) is 0 Å². The number of anilines is 1. The molecular weight excluding hydrogens is 270 g/mol. The Labute approximate surface area is 112 Å². The Kier molecular flexibility index (Phi) is 5.43. The molecule has 7 nitrogen and oxygen atoms in total. The molecule has 0 aromatic heterocycles. The van der Waals surface area contributed by atoms with Crippen molar-refractivity contribution in [3.05, 3.63) is 33.9 Å². The molecule has 8 heteroatoms. The monoisotopic (exact) mass is 285 g/mol. The SMILES string of the molecule is CCS(=O)CCNC(=O)c1cccc([N+](=O)[O-])c1N. The van der Waals surface area contributed by atoms with Gasteiger partial charge in [0.25, 0.3) is 11.6 Å². The van der Waals surface area contributed by atoms with Crippen LogP contribution < -0.4 is 11.1 Å². The third-order valence-electron chi connectivity index (χ3n) is 2.46. The second-order valence-electron chi connectivity index (χ2n) is 3.68. The number of nitro groups is 1. The van der Waals surface area contributed by atoms with E-state index in [-0.39, 0.29) is 23.5 Å². The molecule has 0 aliphatic heterocycles. The molecule has 0 saturated carbocycles. The lowest BCUT2D eigenvalue weighted by Gasteiger charge is -2.07. The number of carbonyl (C=O) groups is 1. The van der Waals surface area contributed by atoms with Gasteiger partial charge in [0.2, 0.25) is 0 Å². The van der Waals surface area contributed by atoms with E-state index in [2.05, 4.69) is 5.32 Å². The van der Waals surface area contributed by atoms with Crippen molar-refractivity contribution in [2.75, 3.05) is 23.8 Å². The van der Waals surface area contributed by atoms with Gasteiger partial charge in [-0.05, 0) is 6.07 Å². The second-order valence-corrected chi connectivity index (χ2v) is 5.55. The summed E-state index contributed by atoms with van der Waals surface area (Å²) in [6.45, 7) is 2.03. The Bertz CT molecular complexity index is 519. The maximum Gasteiger partial charge on any atom is 0.292 e. The number of nitrogens with two attached hydrogens (primary N) is 1. The standard InChI is InChI=1S/C11H15N3O4S/c1-2-19(18)7-6-13-11(15)8-4-3-5-9(10(8)12)14(16)17/h3-5H,2,6-7,12H2,1H3,(H,13,15). The van der Waals surface area contributed by atoms with Gasteiger partial charge in [-0.1, -0.05) is 13.0 Å². The van der Waals surface area contributed by atoms with E-state index in [0.717, 1.165) is 0 Å². The molecule has 1 aromatic carbocycles. The lowest BCUT2D eigenvalue weighted by atomic mass is 10.1. The van der Waals surface area contributed by atoms with Crippen LogP contribution >= 0.6 is 0 Å². The Hall–Kier alpha value is -1.96. The summed E-state index contributed by atoms with van der Waals surface area (Å²) in [5.74, 6) is 0.362. The summed E-state index contributed by atoms with van der Waals surface area (Å²) in [6.07, 6.45) is 0. The molecule has 0 heterocycles. The van der Waals surface area contributed by atoms with Crippen molar-refractivity contribution in [1.29, 1.82) is 0 Å². The van der Waals surface area contributed by atoms with Crippen LogP contribution in [0.5, 0.6) is 0 Å². The van der Waals surface area contributed by atoms with E-state index >= 15 is 0 Å². The van der Waals surface area contributed by atoms with Gasteiger partial charge in [0.1, 0.15) is 5.69 Å². The van der Waals surface area contributed by atoms with Crippen molar-refractivity contribution in [2.45, 2.75) is 6.92 Å². The van der Waals surface area contributed by atoms with E-state index in [4.69, 9.17) is 5.73 Å². The van der Waals surface area contributed by atoms with E-state index in [1.54, 1.807) is 6.92 Å². The molecule has 1 amide bonds. The minimum Gasteiger partial charge on any atom is -0.393 e. The lowest BCUT2D eigenvalue weighted by Crippen LogP contribution is -2.28. The van der Waals surface area contributed by atoms with Crippen LogP contribution in [0, 0.1) is 10.1 Å². The summed E-state index contributed by atoms with van der Waals surface area (Å²) in [6, 6.07) is 4.04. The number of nitrogens with zero attached hydrogens (tertiary/aromatic N) is 1. The van der Waals surface area contributed by atoms with Crippen molar-refractivity contribution in [3.63, 3.8) is 0 Å². The largest absolute Gasteiger partial charge is 0.393 e. The van der Waals surface area contributed by atoms with Gasteiger partial charge in [0, 0.05) is 34.9 Å². The fourth-order valence-electron chi connectivity index (χ4n) is 1.43. The van der Waals surface area contributed by atoms with Gasteiger partial charge in [0.05, 0.1) is 10.5 Å². The Morgan fingerprint density at radius 1 is 1.53 bits per heavy atom. The average Bonchev–Trinajstić information content (AvgIpc) is 2.38. The van der Waals surface area contributed by atoms with E-state index in [1.165, 1.54) is 18.2 Å². The maximum absolute atomic E-state index is 11.8. The van der Waals surface area contributed by atoms with Crippen molar-refractivity contribution in [3.8, 4) is 0 Å². The summed E-state index contributed by atoms with van der Waals surface area (Å²) in [5.41, 5.74) is 5.17. The number of para-hydroxylation sites is 1. The number of amides is 1. The van der Waals surface area contributed by atoms with Crippen LogP contribution in [-0.4, -0.2) is 33.1 Å². The van der Waals surface area contributed by atoms with E-state index in [0.29, 0.717) is 11.5 Å². The van der Waals surface area contributed by atoms with Crippen molar-refractivity contribution >= 4 is 28.1 Å². The molecule has 0 aliphatic rings. The van der Waals surface area contributed by atoms with Crippen LogP contribution in [0.15, 0.2) is 18.2 Å². The van der Waals surface area contributed by atoms with Crippen LogP contribution in [0.2, 0.25) is 0 Å². The normalized spacial score (nSPS) is 11.8. The zero-order chi connectivity index (χ0) is 14.4. The quantitative estimate of drug-likeness (QED) is 0.453. The molecule has 0 spiro atoms. The number of nitrogens with one attached hydrogen (secondary N) is 1. The fourth-order valence-corrected chi connectivity index (χ4v) is 2.05. The van der Waals surface area contributed by atoms with E-state index in [9.17, 15) is 19.1 Å². The summed E-state index contributed by atoms with van der Waals surface area (Å²) >= 11 is 0. The molecule has 0 bridgehead atoms. The summed E-state index contributed by atoms with van der Waals surface area (Å²) in [4.78, 5) is 21.8. The third kappa shape index (κ3) is 4.02. The zero-order valence-corrected chi connectivity index (χ0v) is 11.2. The van der Waals surface area contributed by atoms with Gasteiger partial charge in [-0.3, -0.25) is 19.1 Å². The molecular formula is C11H15N3O4S. The van der Waals surface area contributed by atoms with Crippen LogP contribution in [-0.2, 0) is 10.8 Å². The first-order valence-corrected chi connectivity index (χ1v) is 7.12. The van der Waals surface area contributed by atoms with Gasteiger partial charge in [-0.2, -0.15) is 0 Å². The number of nitrogen functional groups attached to an aromatic ring is 1. The molecule has 1 rings (SSSR count). The van der Waals surface area contributed by atoms with Gasteiger partial charge in [-0.25, -0.2) is 0 Å². The topological polar surface area (TPSA) is 115 Å². The highest BCUT2D eigenvalue weighted by atomic mass is 32.2. The summed E-state index contributed by atoms with van der Waals surface area (Å²) in [7, 11) is -0.971. The van der Waals surface area contributed by atoms with Crippen molar-refractivity contribution < 1.29 is 13.9 Å². The van der Waals surface area contributed by atoms with Crippen LogP contribution in [0.25, 0.3) is 0 Å². The molecule has 104 valence electrons. The zero-order valence-electron chi connectivity index (χ0n) is 10.4. The van der Waals surface area contributed by atoms with Gasteiger partial charge >= 0.3 is 0 Å². The van der Waals surface area contributed by atoms with Gasteiger partial charge in [-0.15, -0.1) is 0 Å². The minimum atomic E-state index is -0.971. The predicted octanol–water partition coefficient (Wildman–Crippen LogP) is 0.675. The number of nitro benzene ring substituents is 1. The Morgan fingerprint density at radius 3 is 2.79 bits per heavy atom. The Morgan fingerprint density at radius 2 is 2.21 bits per heavy atom. The molecule has 0 saturated heterocycles. The first-order valence-electron chi connectivity index (χ1n) is 5.63. The van der Waals surface area contributed by atoms with E-state index in [1.807, 2.05) is 0 Å². The van der Waals surface area contributed by atoms with Gasteiger partial charge < -0.3 is 11.1 Å². The average molecular weight is 285 g/mol. The van der Waals surface area contributed by atoms with E-state index < -0.39 is 21.6 Å². The highest BCUT2D eigenvalue weighted by Crippen LogP contribution is 2.24. The highest BCUT2D eigenvalue weighted by Gasteiger charge is 2.18. The number of rotatable bonds is 6. The number of carbonyl (C=O) groups excluding carboxylic acids is 1. The van der Waals surface area contributed by atoms with Crippen molar-refractivity contribution in [2.24, 2.45) is 0 Å². The number of hydrogen-bond donors (Lipinski definition) is 2. The maximum atomic E-state index is 11.8. The molecule has 0 fully saturated rings. The molecule has 1 atom stereocenters. The van der Waals surface area contributed by atoms with Crippen LogP contribution in [0.1, 0.15) is 17.3 Å². The number of benzene rings is 1. The smallest absolute Gasteiger partial charge is 0.292 e. The second kappa shape index (κ2) is 6.83. The summed E-state index contributed by atoms with van der Waals surface area (Å²) in [5, 5.41) is 13.2. The molecule has 0 radical (unpaired) electrons. The molecule has 3 N–H and O–H groups in total. The first kappa shape index (κ1) is 15.1. The first-order chi connectivity index (χ1) is 8.97. The highest BCUT2D eigenvalue weighted by molar-refractivity contribution is 7.84. The third-order valence-corrected chi connectivity index (χ3v) is 3.77. The van der Waals surface area contributed by atoms with Crippen LogP contribution in [0.4, 0.5) is 11.4 Å². The Balaban J connectivity index is 2.75. The molecule has 0 aliphatic carbocycles. The molecule has 1 aromatic rings. The summed E-state index contributed by atoms with van der Waals surface area (Å²) < 4.78 is 11.2. The van der Waals surface area contributed by atoms with Crippen molar-refractivity contribution in [1.82, 2.24) is 5.32 Å². The minimum absolute atomic E-state index is 0.0523. The predicted molar refractivity (Wildman–Crippen MR) is 73.4 cm³/mol. The lowest BCUT2D eigenvalue weighted by molar-refractivity contribution is -0.383. The van der Waals surface area contributed by atoms with Crippen LogP contribution in [0.3, 0.4) is 0 Å².